The largest absolute Gasteiger partial charge is 0.434 e. The Morgan fingerprint density at radius 3 is 2.67 bits per heavy atom. The lowest BCUT2D eigenvalue weighted by Gasteiger charge is -2.07. The summed E-state index contributed by atoms with van der Waals surface area (Å²) < 4.78 is 21.2. The number of nitrogens with two attached hydrogens (primary N) is 1. The topological polar surface area (TPSA) is 78.3 Å². The number of nitrogen functional groups attached to an aromatic ring is 1. The number of ether oxygens (including phenoxy) is 1. The zero-order valence-corrected chi connectivity index (χ0v) is 12.4. The predicted molar refractivity (Wildman–Crippen MR) is 87.1 cm³/mol. The fraction of sp³-hybridized carbons (Fsp3) is 0. The van der Waals surface area contributed by atoms with E-state index in [0.29, 0.717) is 11.2 Å². The van der Waals surface area contributed by atoms with Crippen LogP contribution in [0.1, 0.15) is 0 Å². The highest BCUT2D eigenvalue weighted by atomic mass is 19.1. The van der Waals surface area contributed by atoms with Gasteiger partial charge in [-0.25, -0.2) is 8.91 Å². The Kier molecular flexibility index (Phi) is 3.31. The van der Waals surface area contributed by atoms with Gasteiger partial charge in [-0.05, 0) is 35.9 Å². The number of pyridine rings is 1. The summed E-state index contributed by atoms with van der Waals surface area (Å²) in [7, 11) is 0. The third kappa shape index (κ3) is 2.52. The molecule has 0 unspecified atom stereocenters. The first-order valence-electron chi connectivity index (χ1n) is 7.17. The van der Waals surface area contributed by atoms with Crippen molar-refractivity contribution in [2.24, 2.45) is 0 Å². The van der Waals surface area contributed by atoms with Gasteiger partial charge < -0.3 is 10.5 Å². The van der Waals surface area contributed by atoms with Crippen LogP contribution in [0.4, 0.5) is 10.1 Å². The van der Waals surface area contributed by atoms with E-state index >= 15 is 0 Å². The second-order valence-corrected chi connectivity index (χ2v) is 5.15. The number of fused-ring (bicyclic) bond motifs is 1. The van der Waals surface area contributed by atoms with Crippen molar-refractivity contribution >= 4 is 11.2 Å². The van der Waals surface area contributed by atoms with Gasteiger partial charge in [0.1, 0.15) is 11.8 Å². The standard InChI is InChI=1S/C17H12FN5O/c18-14-8-13(19)1-2-16(14)24-17-15-7-12(9-23(15)22-10-21-17)11-3-5-20-6-4-11/h1-10H,19H2. The molecule has 0 radical (unpaired) electrons. The van der Waals surface area contributed by atoms with E-state index in [9.17, 15) is 4.39 Å². The van der Waals surface area contributed by atoms with Gasteiger partial charge in [0.15, 0.2) is 11.6 Å². The average Bonchev–Trinajstić information content (AvgIpc) is 3.03. The fourth-order valence-electron chi connectivity index (χ4n) is 2.39. The molecule has 3 aromatic heterocycles. The van der Waals surface area contributed by atoms with Crippen molar-refractivity contribution in [2.45, 2.75) is 0 Å². The molecule has 2 N–H and O–H groups in total. The summed E-state index contributed by atoms with van der Waals surface area (Å²) in [6.45, 7) is 0. The lowest BCUT2D eigenvalue weighted by atomic mass is 10.1. The SMILES string of the molecule is Nc1ccc(Oc2ncnn3cc(-c4ccncc4)cc23)c(F)c1. The van der Waals surface area contributed by atoms with Crippen molar-refractivity contribution in [3.05, 3.63) is 67.1 Å². The van der Waals surface area contributed by atoms with Crippen LogP contribution >= 0.6 is 0 Å². The van der Waals surface area contributed by atoms with E-state index in [1.807, 2.05) is 24.4 Å². The molecule has 0 atom stereocenters. The predicted octanol–water partition coefficient (Wildman–Crippen LogP) is 3.30. The maximum Gasteiger partial charge on any atom is 0.247 e. The number of halogens is 1. The highest BCUT2D eigenvalue weighted by molar-refractivity contribution is 5.72. The Morgan fingerprint density at radius 1 is 1.04 bits per heavy atom. The third-order valence-corrected chi connectivity index (χ3v) is 3.55. The fourth-order valence-corrected chi connectivity index (χ4v) is 2.39. The van der Waals surface area contributed by atoms with Crippen molar-refractivity contribution in [3.8, 4) is 22.8 Å². The molecule has 0 saturated carbocycles. The molecule has 1 aromatic carbocycles. The summed E-state index contributed by atoms with van der Waals surface area (Å²) in [5.74, 6) is -0.238. The molecule has 4 aromatic rings. The van der Waals surface area contributed by atoms with Crippen molar-refractivity contribution < 1.29 is 9.13 Å². The molecule has 0 aliphatic heterocycles. The van der Waals surface area contributed by atoms with Crippen molar-refractivity contribution in [2.75, 3.05) is 5.73 Å². The highest BCUT2D eigenvalue weighted by Crippen LogP contribution is 2.30. The van der Waals surface area contributed by atoms with Crippen molar-refractivity contribution in [1.82, 2.24) is 19.6 Å². The Bertz CT molecular complexity index is 1020. The van der Waals surface area contributed by atoms with Gasteiger partial charge >= 0.3 is 0 Å². The van der Waals surface area contributed by atoms with Crippen molar-refractivity contribution in [1.29, 1.82) is 0 Å². The molecule has 3 heterocycles. The first kappa shape index (κ1) is 14.1. The number of benzene rings is 1. The minimum atomic E-state index is -0.548. The number of hydrogen-bond acceptors (Lipinski definition) is 5. The van der Waals surface area contributed by atoms with Gasteiger partial charge in [-0.3, -0.25) is 4.98 Å². The molecule has 0 amide bonds. The Labute approximate surface area is 136 Å². The lowest BCUT2D eigenvalue weighted by Crippen LogP contribution is -1.97. The Balaban J connectivity index is 1.77. The zero-order chi connectivity index (χ0) is 16.5. The first-order valence-corrected chi connectivity index (χ1v) is 7.17. The molecular weight excluding hydrogens is 309 g/mol. The van der Waals surface area contributed by atoms with Crippen LogP contribution in [0.3, 0.4) is 0 Å². The maximum absolute atomic E-state index is 13.9. The maximum atomic E-state index is 13.9. The number of hydrogen-bond donors (Lipinski definition) is 1. The van der Waals surface area contributed by atoms with Gasteiger partial charge in [0.2, 0.25) is 5.88 Å². The highest BCUT2D eigenvalue weighted by Gasteiger charge is 2.12. The van der Waals surface area contributed by atoms with Gasteiger partial charge in [0, 0.05) is 35.9 Å². The molecule has 0 aliphatic carbocycles. The second-order valence-electron chi connectivity index (χ2n) is 5.15. The van der Waals surface area contributed by atoms with E-state index in [2.05, 4.69) is 15.1 Å². The van der Waals surface area contributed by atoms with Gasteiger partial charge in [-0.1, -0.05) is 0 Å². The molecule has 118 valence electrons. The molecule has 4 rings (SSSR count). The monoisotopic (exact) mass is 321 g/mol. The van der Waals surface area contributed by atoms with Crippen LogP contribution in [0.5, 0.6) is 11.6 Å². The molecule has 6 nitrogen and oxygen atoms in total. The van der Waals surface area contributed by atoms with Crippen molar-refractivity contribution in [3.63, 3.8) is 0 Å². The van der Waals surface area contributed by atoms with E-state index in [0.717, 1.165) is 11.1 Å². The summed E-state index contributed by atoms with van der Waals surface area (Å²) in [5, 5.41) is 4.16. The minimum Gasteiger partial charge on any atom is -0.434 e. The van der Waals surface area contributed by atoms with E-state index in [1.165, 1.54) is 18.5 Å². The Hall–Kier alpha value is -3.48. The summed E-state index contributed by atoms with van der Waals surface area (Å²) in [6.07, 6.45) is 6.63. The van der Waals surface area contributed by atoms with Crippen LogP contribution in [0.25, 0.3) is 16.6 Å². The van der Waals surface area contributed by atoms with Gasteiger partial charge in [0.25, 0.3) is 0 Å². The number of nitrogens with zero attached hydrogens (tertiary/aromatic N) is 4. The Morgan fingerprint density at radius 2 is 1.88 bits per heavy atom. The summed E-state index contributed by atoms with van der Waals surface area (Å²) in [5.41, 5.74) is 8.42. The molecule has 0 bridgehead atoms. The van der Waals surface area contributed by atoms with E-state index in [1.54, 1.807) is 23.0 Å². The normalized spacial score (nSPS) is 10.9. The van der Waals surface area contributed by atoms with Crippen LogP contribution < -0.4 is 10.5 Å². The van der Waals surface area contributed by atoms with Gasteiger partial charge in [-0.2, -0.15) is 10.1 Å². The summed E-state index contributed by atoms with van der Waals surface area (Å²) >= 11 is 0. The molecular formula is C17H12FN5O. The molecule has 0 aliphatic rings. The molecule has 0 saturated heterocycles. The van der Waals surface area contributed by atoms with Crippen LogP contribution in [0.15, 0.2) is 61.3 Å². The number of anilines is 1. The van der Waals surface area contributed by atoms with E-state index in [-0.39, 0.29) is 11.6 Å². The van der Waals surface area contributed by atoms with Gasteiger partial charge in [-0.15, -0.1) is 0 Å². The van der Waals surface area contributed by atoms with E-state index in [4.69, 9.17) is 10.5 Å². The smallest absolute Gasteiger partial charge is 0.247 e. The van der Waals surface area contributed by atoms with Crippen LogP contribution in [0, 0.1) is 5.82 Å². The molecule has 7 heteroatoms. The minimum absolute atomic E-state index is 0.0523. The molecule has 0 spiro atoms. The van der Waals surface area contributed by atoms with Crippen LogP contribution in [0.2, 0.25) is 0 Å². The third-order valence-electron chi connectivity index (χ3n) is 3.55. The zero-order valence-electron chi connectivity index (χ0n) is 12.4. The first-order chi connectivity index (χ1) is 11.7. The number of aromatic nitrogens is 4. The summed E-state index contributed by atoms with van der Waals surface area (Å²) in [6, 6.07) is 9.90. The number of rotatable bonds is 3. The molecule has 24 heavy (non-hydrogen) atoms. The summed E-state index contributed by atoms with van der Waals surface area (Å²) in [4.78, 5) is 8.11. The second kappa shape index (κ2) is 5.62. The molecule has 0 fully saturated rings. The average molecular weight is 321 g/mol. The van der Waals surface area contributed by atoms with E-state index < -0.39 is 5.82 Å². The lowest BCUT2D eigenvalue weighted by molar-refractivity contribution is 0.428. The quantitative estimate of drug-likeness (QED) is 0.586. The van der Waals surface area contributed by atoms with Crippen LogP contribution in [-0.2, 0) is 0 Å². The van der Waals surface area contributed by atoms with Crippen LogP contribution in [-0.4, -0.2) is 19.6 Å². The van der Waals surface area contributed by atoms with Gasteiger partial charge in [0.05, 0.1) is 0 Å².